The van der Waals surface area contributed by atoms with Crippen LogP contribution in [0, 0.1) is 5.82 Å². The first-order valence-electron chi connectivity index (χ1n) is 13.5. The largest absolute Gasteiger partial charge is 0.351 e. The Hall–Kier alpha value is -2.90. The number of rotatable bonds is 4. The normalized spacial score (nSPS) is 23.9. The van der Waals surface area contributed by atoms with Crippen LogP contribution in [0.3, 0.4) is 0 Å². The van der Waals surface area contributed by atoms with Crippen LogP contribution in [0.15, 0.2) is 18.2 Å². The highest BCUT2D eigenvalue weighted by atomic mass is 19.1. The number of benzene rings is 1. The first kappa shape index (κ1) is 24.8. The zero-order valence-corrected chi connectivity index (χ0v) is 21.4. The van der Waals surface area contributed by atoms with Crippen LogP contribution >= 0.6 is 0 Å². The van der Waals surface area contributed by atoms with Gasteiger partial charge in [0.05, 0.1) is 17.7 Å². The summed E-state index contributed by atoms with van der Waals surface area (Å²) in [6, 6.07) is 4.41. The molecule has 1 aromatic heterocycles. The molecule has 3 amide bonds. The molecule has 1 aromatic carbocycles. The van der Waals surface area contributed by atoms with E-state index in [-0.39, 0.29) is 36.3 Å². The van der Waals surface area contributed by atoms with Gasteiger partial charge >= 0.3 is 0 Å². The average Bonchev–Trinajstić information content (AvgIpc) is 2.98. The summed E-state index contributed by atoms with van der Waals surface area (Å²) in [4.78, 5) is 42.3. The number of carbonyl (C=O) groups is 3. The number of hydrogen-bond acceptors (Lipinski definition) is 3. The van der Waals surface area contributed by atoms with E-state index in [4.69, 9.17) is 0 Å². The number of fused-ring (bicyclic) bond motifs is 3. The molecule has 1 atom stereocenters. The van der Waals surface area contributed by atoms with Gasteiger partial charge in [0, 0.05) is 24.4 Å². The maximum atomic E-state index is 14.3. The molecule has 0 saturated heterocycles. The van der Waals surface area contributed by atoms with Crippen LogP contribution in [0.1, 0.15) is 95.0 Å². The van der Waals surface area contributed by atoms with Crippen LogP contribution in [0.5, 0.6) is 0 Å². The average molecular weight is 497 g/mol. The number of nitrogens with zero attached hydrogens (tertiary/aromatic N) is 2. The quantitative estimate of drug-likeness (QED) is 0.576. The lowest BCUT2D eigenvalue weighted by Crippen LogP contribution is -2.67. The van der Waals surface area contributed by atoms with E-state index in [0.29, 0.717) is 22.3 Å². The van der Waals surface area contributed by atoms with Crippen molar-refractivity contribution in [2.75, 3.05) is 5.32 Å². The lowest BCUT2D eigenvalue weighted by Gasteiger charge is -2.49. The third-order valence-corrected chi connectivity index (χ3v) is 8.36. The third kappa shape index (κ3) is 4.39. The van der Waals surface area contributed by atoms with E-state index in [0.717, 1.165) is 57.8 Å². The number of halogens is 1. The third-order valence-electron chi connectivity index (χ3n) is 8.36. The fourth-order valence-electron chi connectivity index (χ4n) is 6.59. The molecule has 7 nitrogen and oxygen atoms in total. The fraction of sp³-hybridized carbons (Fsp3) is 0.607. The molecule has 194 valence electrons. The maximum Gasteiger partial charge on any atom is 0.273 e. The molecule has 0 radical (unpaired) electrons. The van der Waals surface area contributed by atoms with E-state index in [9.17, 15) is 18.8 Å². The Bertz CT molecular complexity index is 1180. The van der Waals surface area contributed by atoms with Crippen molar-refractivity contribution in [2.45, 2.75) is 109 Å². The van der Waals surface area contributed by atoms with Gasteiger partial charge in [0.2, 0.25) is 11.8 Å². The van der Waals surface area contributed by atoms with Gasteiger partial charge in [-0.2, -0.15) is 0 Å². The molecule has 8 heteroatoms. The van der Waals surface area contributed by atoms with Crippen molar-refractivity contribution in [3.63, 3.8) is 0 Å². The molecule has 2 aromatic rings. The minimum atomic E-state index is -1.09. The predicted molar refractivity (Wildman–Crippen MR) is 137 cm³/mol. The predicted octanol–water partition coefficient (Wildman–Crippen LogP) is 5.13. The number of amides is 3. The Morgan fingerprint density at radius 2 is 1.64 bits per heavy atom. The number of anilines is 1. The molecular formula is C28H37FN4O3. The summed E-state index contributed by atoms with van der Waals surface area (Å²) in [5.41, 5.74) is 0.206. The van der Waals surface area contributed by atoms with Crippen molar-refractivity contribution in [3.8, 4) is 0 Å². The van der Waals surface area contributed by atoms with Gasteiger partial charge in [-0.05, 0) is 50.8 Å². The van der Waals surface area contributed by atoms with Gasteiger partial charge in [-0.1, -0.05) is 44.9 Å². The maximum absolute atomic E-state index is 14.3. The SMILES string of the molecule is CC(=O)Nc1c2n(c3ccc(F)cc13)C[C@](C)(C(=O)NC1CCCCCC1)N(C1CCCCC1)C2=O. The summed E-state index contributed by atoms with van der Waals surface area (Å²) in [5, 5.41) is 6.58. The van der Waals surface area contributed by atoms with E-state index in [1.54, 1.807) is 11.0 Å². The van der Waals surface area contributed by atoms with E-state index in [1.165, 1.54) is 31.9 Å². The summed E-state index contributed by atoms with van der Waals surface area (Å²) >= 11 is 0. The second-order valence-electron chi connectivity index (χ2n) is 11.1. The Kier molecular flexibility index (Phi) is 6.79. The number of aromatic nitrogens is 1. The lowest BCUT2D eigenvalue weighted by molar-refractivity contribution is -0.135. The van der Waals surface area contributed by atoms with Crippen LogP contribution in [0.25, 0.3) is 10.9 Å². The first-order chi connectivity index (χ1) is 17.3. The molecule has 0 unspecified atom stereocenters. The summed E-state index contributed by atoms with van der Waals surface area (Å²) in [6.45, 7) is 3.51. The standard InChI is InChI=1S/C28H37FN4O3/c1-18(34)30-24-22-16-19(29)14-15-23(22)32-17-28(2,27(36)31-20-10-6-3-4-7-11-20)33(26(35)25(24)32)21-12-8-5-9-13-21/h14-16,20-21H,3-13,17H2,1-2H3,(H,30,34)(H,31,36)/t28-/m1/s1. The molecular weight excluding hydrogens is 459 g/mol. The van der Waals surface area contributed by atoms with E-state index in [2.05, 4.69) is 10.6 Å². The van der Waals surface area contributed by atoms with Gasteiger partial charge in [-0.15, -0.1) is 0 Å². The van der Waals surface area contributed by atoms with Crippen molar-refractivity contribution in [2.24, 2.45) is 0 Å². The Labute approximate surface area is 211 Å². The molecule has 2 aliphatic carbocycles. The van der Waals surface area contributed by atoms with Crippen molar-refractivity contribution < 1.29 is 18.8 Å². The second-order valence-corrected chi connectivity index (χ2v) is 11.1. The van der Waals surface area contributed by atoms with Crippen LogP contribution in [0.4, 0.5) is 10.1 Å². The summed E-state index contributed by atoms with van der Waals surface area (Å²) in [6.07, 6.45) is 11.4. The smallest absolute Gasteiger partial charge is 0.273 e. The Balaban J connectivity index is 1.62. The Morgan fingerprint density at radius 1 is 1.00 bits per heavy atom. The van der Waals surface area contributed by atoms with Gasteiger partial charge in [0.15, 0.2) is 0 Å². The molecule has 2 N–H and O–H groups in total. The topological polar surface area (TPSA) is 83.4 Å². The number of hydrogen-bond donors (Lipinski definition) is 2. The highest BCUT2D eigenvalue weighted by Crippen LogP contribution is 2.42. The van der Waals surface area contributed by atoms with Gasteiger partial charge in [-0.25, -0.2) is 4.39 Å². The van der Waals surface area contributed by atoms with Gasteiger partial charge in [0.1, 0.15) is 17.1 Å². The molecule has 3 aliphatic rings. The molecule has 0 bridgehead atoms. The summed E-state index contributed by atoms with van der Waals surface area (Å²) < 4.78 is 16.1. The minimum Gasteiger partial charge on any atom is -0.351 e. The zero-order valence-electron chi connectivity index (χ0n) is 21.4. The fourth-order valence-corrected chi connectivity index (χ4v) is 6.59. The van der Waals surface area contributed by atoms with Crippen LogP contribution < -0.4 is 10.6 Å². The van der Waals surface area contributed by atoms with E-state index < -0.39 is 11.4 Å². The molecule has 2 heterocycles. The zero-order chi connectivity index (χ0) is 25.4. The minimum absolute atomic E-state index is 0.0511. The van der Waals surface area contributed by atoms with Gasteiger partial charge < -0.3 is 20.1 Å². The van der Waals surface area contributed by atoms with Gasteiger partial charge in [-0.3, -0.25) is 14.4 Å². The monoisotopic (exact) mass is 496 g/mol. The van der Waals surface area contributed by atoms with E-state index in [1.807, 2.05) is 11.5 Å². The number of nitrogens with one attached hydrogen (secondary N) is 2. The lowest BCUT2D eigenvalue weighted by atomic mass is 9.86. The first-order valence-corrected chi connectivity index (χ1v) is 13.5. The van der Waals surface area contributed by atoms with E-state index >= 15 is 0 Å². The van der Waals surface area contributed by atoms with Crippen molar-refractivity contribution in [3.05, 3.63) is 29.7 Å². The second kappa shape index (κ2) is 9.87. The molecule has 5 rings (SSSR count). The van der Waals surface area contributed by atoms with Crippen molar-refractivity contribution >= 4 is 34.3 Å². The van der Waals surface area contributed by atoms with Crippen molar-refractivity contribution in [1.29, 1.82) is 0 Å². The number of carbonyl (C=O) groups excluding carboxylic acids is 3. The van der Waals surface area contributed by atoms with Crippen LogP contribution in [-0.4, -0.2) is 44.8 Å². The van der Waals surface area contributed by atoms with Gasteiger partial charge in [0.25, 0.3) is 5.91 Å². The van der Waals surface area contributed by atoms with Crippen LogP contribution in [-0.2, 0) is 16.1 Å². The molecule has 2 saturated carbocycles. The highest BCUT2D eigenvalue weighted by Gasteiger charge is 2.51. The summed E-state index contributed by atoms with van der Waals surface area (Å²) in [7, 11) is 0. The van der Waals surface area contributed by atoms with Crippen LogP contribution in [0.2, 0.25) is 0 Å². The summed E-state index contributed by atoms with van der Waals surface area (Å²) in [5.74, 6) is -1.16. The Morgan fingerprint density at radius 3 is 2.31 bits per heavy atom. The van der Waals surface area contributed by atoms with Crippen molar-refractivity contribution in [1.82, 2.24) is 14.8 Å². The molecule has 2 fully saturated rings. The molecule has 1 aliphatic heterocycles. The molecule has 0 spiro atoms. The molecule has 36 heavy (non-hydrogen) atoms. The highest BCUT2D eigenvalue weighted by molar-refractivity contribution is 6.14.